The van der Waals surface area contributed by atoms with Crippen molar-refractivity contribution in [2.45, 2.75) is 33.1 Å². The van der Waals surface area contributed by atoms with Gasteiger partial charge in [-0.15, -0.1) is 12.4 Å². The second kappa shape index (κ2) is 10.8. The predicted molar refractivity (Wildman–Crippen MR) is 102 cm³/mol. The number of nitrogens with zero attached hydrogens (tertiary/aromatic N) is 1. The van der Waals surface area contributed by atoms with Gasteiger partial charge in [-0.05, 0) is 25.3 Å². The van der Waals surface area contributed by atoms with Gasteiger partial charge >= 0.3 is 0 Å². The van der Waals surface area contributed by atoms with E-state index in [0.717, 1.165) is 0 Å². The molecule has 0 bridgehead atoms. The lowest BCUT2D eigenvalue weighted by Crippen LogP contribution is -2.45. The molecule has 8 nitrogen and oxygen atoms in total. The lowest BCUT2D eigenvalue weighted by molar-refractivity contribution is -0.385. The van der Waals surface area contributed by atoms with Gasteiger partial charge < -0.3 is 20.5 Å². The van der Waals surface area contributed by atoms with E-state index in [0.29, 0.717) is 36.3 Å². The molecule has 0 heterocycles. The Kier molecular flexibility index (Phi) is 9.97. The molecule has 26 heavy (non-hydrogen) atoms. The van der Waals surface area contributed by atoms with Crippen LogP contribution in [0.1, 0.15) is 32.3 Å². The van der Waals surface area contributed by atoms with Gasteiger partial charge in [0.1, 0.15) is 0 Å². The summed E-state index contributed by atoms with van der Waals surface area (Å²) in [4.78, 5) is 23.2. The standard InChI is InChI=1S/C17H27N3O5.ClH/c1-5-17(6-2,11-18)16(21)19-8-7-12-9-14(24-3)15(25-4)10-13(12)20(22)23;/h9-10H,5-8,11,18H2,1-4H3,(H,19,21);1H. The normalized spacial score (nSPS) is 10.7. The van der Waals surface area contributed by atoms with Crippen molar-refractivity contribution in [3.8, 4) is 11.5 Å². The van der Waals surface area contributed by atoms with Crippen LogP contribution >= 0.6 is 12.4 Å². The summed E-state index contributed by atoms with van der Waals surface area (Å²) in [6, 6.07) is 2.90. The van der Waals surface area contributed by atoms with E-state index in [9.17, 15) is 14.9 Å². The third kappa shape index (κ3) is 5.22. The summed E-state index contributed by atoms with van der Waals surface area (Å²) in [6.07, 6.45) is 1.58. The fourth-order valence-corrected chi connectivity index (χ4v) is 2.73. The second-order valence-corrected chi connectivity index (χ2v) is 5.79. The van der Waals surface area contributed by atoms with Crippen LogP contribution in [0.3, 0.4) is 0 Å². The van der Waals surface area contributed by atoms with Gasteiger partial charge in [0.25, 0.3) is 5.69 Å². The smallest absolute Gasteiger partial charge is 0.276 e. The van der Waals surface area contributed by atoms with E-state index in [1.165, 1.54) is 20.3 Å². The Balaban J connectivity index is 0.00000625. The highest BCUT2D eigenvalue weighted by Crippen LogP contribution is 2.34. The molecule has 0 unspecified atom stereocenters. The molecule has 0 spiro atoms. The third-order valence-corrected chi connectivity index (χ3v) is 4.69. The quantitative estimate of drug-likeness (QED) is 0.469. The first kappa shape index (κ1) is 23.9. The molecule has 0 aliphatic carbocycles. The number of carbonyl (C=O) groups excluding carboxylic acids is 1. The zero-order chi connectivity index (χ0) is 19.0. The van der Waals surface area contributed by atoms with Crippen molar-refractivity contribution in [2.75, 3.05) is 27.3 Å². The van der Waals surface area contributed by atoms with Crippen molar-refractivity contribution in [1.29, 1.82) is 0 Å². The Bertz CT molecular complexity index is 612. The Morgan fingerprint density at radius 3 is 2.19 bits per heavy atom. The van der Waals surface area contributed by atoms with Crippen molar-refractivity contribution >= 4 is 24.0 Å². The number of methoxy groups -OCH3 is 2. The summed E-state index contributed by atoms with van der Waals surface area (Å²) in [7, 11) is 2.89. The van der Waals surface area contributed by atoms with E-state index < -0.39 is 10.3 Å². The number of ether oxygens (including phenoxy) is 2. The van der Waals surface area contributed by atoms with Crippen LogP contribution in [0, 0.1) is 15.5 Å². The minimum atomic E-state index is -0.594. The van der Waals surface area contributed by atoms with E-state index in [-0.39, 0.29) is 37.1 Å². The van der Waals surface area contributed by atoms with Crippen molar-refractivity contribution in [2.24, 2.45) is 11.1 Å². The van der Waals surface area contributed by atoms with E-state index in [1.54, 1.807) is 6.07 Å². The number of hydrogen-bond acceptors (Lipinski definition) is 6. The summed E-state index contributed by atoms with van der Waals surface area (Å²) in [5, 5.41) is 14.1. The topological polar surface area (TPSA) is 117 Å². The Morgan fingerprint density at radius 2 is 1.77 bits per heavy atom. The van der Waals surface area contributed by atoms with Gasteiger partial charge in [-0.3, -0.25) is 14.9 Å². The average Bonchev–Trinajstić information content (AvgIpc) is 2.62. The largest absolute Gasteiger partial charge is 0.493 e. The van der Waals surface area contributed by atoms with Crippen molar-refractivity contribution in [3.63, 3.8) is 0 Å². The second-order valence-electron chi connectivity index (χ2n) is 5.79. The van der Waals surface area contributed by atoms with Crippen molar-refractivity contribution < 1.29 is 19.2 Å². The van der Waals surface area contributed by atoms with Crippen molar-refractivity contribution in [3.05, 3.63) is 27.8 Å². The molecule has 0 aromatic heterocycles. The number of carbonyl (C=O) groups is 1. The van der Waals surface area contributed by atoms with E-state index in [4.69, 9.17) is 15.2 Å². The summed E-state index contributed by atoms with van der Waals surface area (Å²) in [6.45, 7) is 4.39. The molecule has 0 fully saturated rings. The fraction of sp³-hybridized carbons (Fsp3) is 0.588. The Hall–Kier alpha value is -2.06. The monoisotopic (exact) mass is 389 g/mol. The van der Waals surface area contributed by atoms with Crippen LogP contribution in [-0.4, -0.2) is 38.1 Å². The first-order valence-electron chi connectivity index (χ1n) is 8.26. The van der Waals surface area contributed by atoms with Crippen LogP contribution in [0.15, 0.2) is 12.1 Å². The number of halogens is 1. The maximum atomic E-state index is 12.4. The third-order valence-electron chi connectivity index (χ3n) is 4.69. The first-order valence-corrected chi connectivity index (χ1v) is 8.26. The SMILES string of the molecule is CCC(CC)(CN)C(=O)NCCc1cc(OC)c(OC)cc1[N+](=O)[O-].Cl. The summed E-state index contributed by atoms with van der Waals surface area (Å²) >= 11 is 0. The van der Waals surface area contributed by atoms with E-state index in [2.05, 4.69) is 5.32 Å². The number of nitrogens with two attached hydrogens (primary N) is 1. The molecule has 0 saturated carbocycles. The van der Waals surface area contributed by atoms with Gasteiger partial charge in [-0.2, -0.15) is 0 Å². The Labute approximate surface area is 160 Å². The molecule has 0 aliphatic heterocycles. The van der Waals surface area contributed by atoms with Crippen LogP contribution in [0.2, 0.25) is 0 Å². The minimum absolute atomic E-state index is 0. The van der Waals surface area contributed by atoms with Gasteiger partial charge in [-0.25, -0.2) is 0 Å². The van der Waals surface area contributed by atoms with Gasteiger partial charge in [0, 0.05) is 18.7 Å². The minimum Gasteiger partial charge on any atom is -0.493 e. The average molecular weight is 390 g/mol. The van der Waals surface area contributed by atoms with E-state index >= 15 is 0 Å². The lowest BCUT2D eigenvalue weighted by atomic mass is 9.81. The van der Waals surface area contributed by atoms with Gasteiger partial charge in [0.2, 0.25) is 5.91 Å². The molecule has 0 saturated heterocycles. The van der Waals surface area contributed by atoms with Crippen LogP contribution in [0.5, 0.6) is 11.5 Å². The number of hydrogen-bond donors (Lipinski definition) is 2. The molecule has 1 aromatic carbocycles. The zero-order valence-corrected chi connectivity index (χ0v) is 16.5. The molecule has 0 atom stereocenters. The molecular formula is C17H28ClN3O5. The van der Waals surface area contributed by atoms with Crippen molar-refractivity contribution in [1.82, 2.24) is 5.32 Å². The van der Waals surface area contributed by atoms with E-state index in [1.807, 2.05) is 13.8 Å². The maximum Gasteiger partial charge on any atom is 0.276 e. The predicted octanol–water partition coefficient (Wildman–Crippen LogP) is 2.46. The molecule has 3 N–H and O–H groups in total. The number of nitro groups is 1. The molecule has 1 rings (SSSR count). The number of benzene rings is 1. The van der Waals surface area contributed by atoms with Crippen LogP contribution in [0.25, 0.3) is 0 Å². The van der Waals surface area contributed by atoms with Gasteiger partial charge in [0.15, 0.2) is 11.5 Å². The number of nitrogens with one attached hydrogen (secondary N) is 1. The fourth-order valence-electron chi connectivity index (χ4n) is 2.73. The molecular weight excluding hydrogens is 362 g/mol. The molecule has 148 valence electrons. The van der Waals surface area contributed by atoms with Gasteiger partial charge in [0.05, 0.1) is 30.6 Å². The molecule has 1 amide bonds. The molecule has 0 aliphatic rings. The molecule has 1 aromatic rings. The zero-order valence-electron chi connectivity index (χ0n) is 15.7. The Morgan fingerprint density at radius 1 is 1.23 bits per heavy atom. The summed E-state index contributed by atoms with van der Waals surface area (Å²) in [5.41, 5.74) is 5.57. The first-order chi connectivity index (χ1) is 11.9. The number of rotatable bonds is 10. The number of nitro benzene ring substituents is 1. The highest BCUT2D eigenvalue weighted by atomic mass is 35.5. The molecule has 0 radical (unpaired) electrons. The highest BCUT2D eigenvalue weighted by molar-refractivity contribution is 5.85. The lowest BCUT2D eigenvalue weighted by Gasteiger charge is -2.28. The summed E-state index contributed by atoms with van der Waals surface area (Å²) in [5.74, 6) is 0.581. The maximum absolute atomic E-state index is 12.4. The number of amides is 1. The molecule has 9 heteroatoms. The van der Waals surface area contributed by atoms with Crippen LogP contribution in [-0.2, 0) is 11.2 Å². The summed E-state index contributed by atoms with van der Waals surface area (Å²) < 4.78 is 10.3. The highest BCUT2D eigenvalue weighted by Gasteiger charge is 2.33. The van der Waals surface area contributed by atoms with Crippen LogP contribution in [0.4, 0.5) is 5.69 Å². The van der Waals surface area contributed by atoms with Crippen LogP contribution < -0.4 is 20.5 Å². The van der Waals surface area contributed by atoms with Gasteiger partial charge in [-0.1, -0.05) is 13.8 Å².